The van der Waals surface area contributed by atoms with Crippen molar-refractivity contribution >= 4 is 35.5 Å². The number of carboxylic acids is 4. The van der Waals surface area contributed by atoms with Crippen molar-refractivity contribution in [3.8, 4) is 5.75 Å². The van der Waals surface area contributed by atoms with Crippen LogP contribution in [0.2, 0.25) is 5.02 Å². The standard InChI is InChI=1S/C10H16N2O8.C8H9ClO/c13-7(14)3-11(4-8(15)16)1-2-12(5-9(17)18)6-10(19)20;1-5-3-7(10)4-6(2)8(5)9/h1-6H2,(H,13,14)(H,15,16)(H,17,18)(H,19,20);3-4,10H,1-2H3. The van der Waals surface area contributed by atoms with Gasteiger partial charge in [-0.05, 0) is 37.1 Å². The molecule has 0 unspecified atom stereocenters. The number of nitrogens with zero attached hydrogens (tertiary/aromatic N) is 2. The van der Waals surface area contributed by atoms with E-state index in [1.165, 1.54) is 0 Å². The Morgan fingerprint density at radius 2 is 1.00 bits per heavy atom. The molecule has 5 N–H and O–H groups in total. The fourth-order valence-electron chi connectivity index (χ4n) is 2.40. The predicted molar refractivity (Wildman–Crippen MR) is 106 cm³/mol. The van der Waals surface area contributed by atoms with Crippen LogP contribution in [0, 0.1) is 13.8 Å². The van der Waals surface area contributed by atoms with Crippen LogP contribution in [-0.2, 0) is 19.2 Å². The Labute approximate surface area is 177 Å². The Morgan fingerprint density at radius 1 is 0.733 bits per heavy atom. The summed E-state index contributed by atoms with van der Waals surface area (Å²) < 4.78 is 0. The second-order valence-corrected chi connectivity index (χ2v) is 6.77. The molecule has 1 rings (SSSR count). The number of hydrogen-bond donors (Lipinski definition) is 5. The molecule has 0 heterocycles. The number of aryl methyl sites for hydroxylation is 2. The Bertz CT molecular complexity index is 679. The van der Waals surface area contributed by atoms with E-state index in [-0.39, 0.29) is 18.8 Å². The molecule has 0 aliphatic carbocycles. The fraction of sp³-hybridized carbons (Fsp3) is 0.444. The number of halogens is 1. The van der Waals surface area contributed by atoms with Crippen LogP contribution < -0.4 is 0 Å². The average Bonchev–Trinajstić information content (AvgIpc) is 2.55. The first kappa shape index (κ1) is 27.1. The van der Waals surface area contributed by atoms with Crippen molar-refractivity contribution < 1.29 is 44.7 Å². The van der Waals surface area contributed by atoms with Crippen LogP contribution in [0.5, 0.6) is 5.75 Å². The lowest BCUT2D eigenvalue weighted by Gasteiger charge is -2.23. The summed E-state index contributed by atoms with van der Waals surface area (Å²) in [5.74, 6) is -4.63. The van der Waals surface area contributed by atoms with E-state index < -0.39 is 50.1 Å². The molecule has 0 saturated carbocycles. The maximum absolute atomic E-state index is 10.6. The summed E-state index contributed by atoms with van der Waals surface area (Å²) >= 11 is 5.84. The number of phenols is 1. The molecule has 0 aromatic heterocycles. The molecule has 168 valence electrons. The summed E-state index contributed by atoms with van der Waals surface area (Å²) in [6.45, 7) is 1.49. The normalized spacial score (nSPS) is 10.4. The molecule has 0 spiro atoms. The quantitative estimate of drug-likeness (QED) is 0.320. The van der Waals surface area contributed by atoms with Crippen molar-refractivity contribution in [1.82, 2.24) is 9.80 Å². The maximum Gasteiger partial charge on any atom is 0.317 e. The molecule has 0 aliphatic heterocycles. The lowest BCUT2D eigenvalue weighted by Crippen LogP contribution is -2.43. The lowest BCUT2D eigenvalue weighted by molar-refractivity contribution is -0.145. The van der Waals surface area contributed by atoms with E-state index in [9.17, 15) is 19.2 Å². The molecule has 0 aliphatic rings. The van der Waals surface area contributed by atoms with Crippen LogP contribution >= 0.6 is 11.6 Å². The maximum atomic E-state index is 10.6. The zero-order valence-corrected chi connectivity index (χ0v) is 17.3. The number of aromatic hydroxyl groups is 1. The van der Waals surface area contributed by atoms with Crippen LogP contribution in [0.4, 0.5) is 0 Å². The molecule has 0 bridgehead atoms. The Morgan fingerprint density at radius 3 is 1.23 bits per heavy atom. The second kappa shape index (κ2) is 13.4. The van der Waals surface area contributed by atoms with Crippen LogP contribution in [0.25, 0.3) is 0 Å². The molecule has 1 aromatic rings. The number of carboxylic acid groups (broad SMARTS) is 4. The lowest BCUT2D eigenvalue weighted by atomic mass is 10.1. The number of rotatable bonds is 11. The summed E-state index contributed by atoms with van der Waals surface area (Å²) in [4.78, 5) is 44.4. The van der Waals surface area contributed by atoms with Gasteiger partial charge in [-0.25, -0.2) is 0 Å². The molecule has 0 atom stereocenters. The zero-order valence-electron chi connectivity index (χ0n) is 16.5. The summed E-state index contributed by atoms with van der Waals surface area (Å²) in [5, 5.41) is 44.3. The van der Waals surface area contributed by atoms with Gasteiger partial charge in [-0.3, -0.25) is 29.0 Å². The number of hydrogen-bond acceptors (Lipinski definition) is 7. The minimum absolute atomic E-state index is 0.0703. The number of benzene rings is 1. The average molecular weight is 449 g/mol. The van der Waals surface area contributed by atoms with E-state index in [4.69, 9.17) is 37.1 Å². The first-order chi connectivity index (χ1) is 13.8. The molecule has 0 amide bonds. The number of phenolic OH excluding ortho intramolecular Hbond substituents is 1. The smallest absolute Gasteiger partial charge is 0.317 e. The summed E-state index contributed by atoms with van der Waals surface area (Å²) in [5.41, 5.74) is 1.83. The van der Waals surface area contributed by atoms with Gasteiger partial charge in [0.15, 0.2) is 0 Å². The van der Waals surface area contributed by atoms with E-state index in [0.717, 1.165) is 25.9 Å². The van der Waals surface area contributed by atoms with Gasteiger partial charge in [0.05, 0.1) is 26.2 Å². The highest BCUT2D eigenvalue weighted by molar-refractivity contribution is 6.32. The molecule has 30 heavy (non-hydrogen) atoms. The van der Waals surface area contributed by atoms with Gasteiger partial charge in [-0.15, -0.1) is 0 Å². The van der Waals surface area contributed by atoms with E-state index in [2.05, 4.69) is 0 Å². The molecule has 0 radical (unpaired) electrons. The molecule has 12 heteroatoms. The van der Waals surface area contributed by atoms with Crippen molar-refractivity contribution in [3.63, 3.8) is 0 Å². The first-order valence-electron chi connectivity index (χ1n) is 8.59. The Hall–Kier alpha value is -2.89. The largest absolute Gasteiger partial charge is 0.508 e. The zero-order chi connectivity index (χ0) is 23.4. The van der Waals surface area contributed by atoms with Crippen LogP contribution in [0.1, 0.15) is 11.1 Å². The van der Waals surface area contributed by atoms with Gasteiger partial charge in [-0.2, -0.15) is 0 Å². The van der Waals surface area contributed by atoms with Crippen molar-refractivity contribution in [2.45, 2.75) is 13.8 Å². The SMILES string of the molecule is Cc1cc(O)cc(C)c1Cl.O=C(O)CN(CCN(CC(=O)O)CC(=O)O)CC(=O)O. The van der Waals surface area contributed by atoms with Crippen LogP contribution in [0.3, 0.4) is 0 Å². The van der Waals surface area contributed by atoms with E-state index >= 15 is 0 Å². The van der Waals surface area contributed by atoms with E-state index in [0.29, 0.717) is 0 Å². The third-order valence-corrected chi connectivity index (χ3v) is 4.19. The van der Waals surface area contributed by atoms with E-state index in [1.807, 2.05) is 13.8 Å². The minimum atomic E-state index is -1.23. The minimum Gasteiger partial charge on any atom is -0.508 e. The van der Waals surface area contributed by atoms with Gasteiger partial charge < -0.3 is 25.5 Å². The highest BCUT2D eigenvalue weighted by Crippen LogP contribution is 2.24. The topological polar surface area (TPSA) is 176 Å². The molecule has 11 nitrogen and oxygen atoms in total. The summed E-state index contributed by atoms with van der Waals surface area (Å²) in [6, 6.07) is 3.30. The van der Waals surface area contributed by atoms with E-state index in [1.54, 1.807) is 12.1 Å². The predicted octanol–water partition coefficient (Wildman–Crippen LogP) is 0.591. The molecular formula is C18H25ClN2O9. The fourth-order valence-corrected chi connectivity index (χ4v) is 2.51. The van der Waals surface area contributed by atoms with Crippen molar-refractivity contribution in [2.75, 3.05) is 39.3 Å². The molecule has 0 saturated heterocycles. The van der Waals surface area contributed by atoms with Gasteiger partial charge in [0.1, 0.15) is 5.75 Å². The van der Waals surface area contributed by atoms with Crippen molar-refractivity contribution in [1.29, 1.82) is 0 Å². The van der Waals surface area contributed by atoms with Crippen molar-refractivity contribution in [3.05, 3.63) is 28.3 Å². The van der Waals surface area contributed by atoms with Crippen LogP contribution in [0.15, 0.2) is 12.1 Å². The highest BCUT2D eigenvalue weighted by atomic mass is 35.5. The summed E-state index contributed by atoms with van der Waals surface area (Å²) in [7, 11) is 0. The van der Waals surface area contributed by atoms with Gasteiger partial charge >= 0.3 is 23.9 Å². The monoisotopic (exact) mass is 448 g/mol. The number of carbonyl (C=O) groups is 4. The first-order valence-corrected chi connectivity index (χ1v) is 8.97. The third kappa shape index (κ3) is 12.5. The van der Waals surface area contributed by atoms with Gasteiger partial charge in [0.25, 0.3) is 0 Å². The molecular weight excluding hydrogens is 424 g/mol. The van der Waals surface area contributed by atoms with Crippen LogP contribution in [-0.4, -0.2) is 98.5 Å². The molecule has 1 aromatic carbocycles. The Balaban J connectivity index is 0.000000696. The van der Waals surface area contributed by atoms with Gasteiger partial charge in [0.2, 0.25) is 0 Å². The summed E-state index contributed by atoms with van der Waals surface area (Å²) in [6.07, 6.45) is 0. The van der Waals surface area contributed by atoms with Gasteiger partial charge in [-0.1, -0.05) is 11.6 Å². The second-order valence-electron chi connectivity index (χ2n) is 6.39. The third-order valence-electron chi connectivity index (χ3n) is 3.59. The molecule has 0 fully saturated rings. The number of aliphatic carboxylic acids is 4. The van der Waals surface area contributed by atoms with Crippen molar-refractivity contribution in [2.24, 2.45) is 0 Å². The van der Waals surface area contributed by atoms with Gasteiger partial charge in [0, 0.05) is 18.1 Å². The Kier molecular flexibility index (Phi) is 12.1. The highest BCUT2D eigenvalue weighted by Gasteiger charge is 2.18.